The molecule has 0 aliphatic rings. The van der Waals surface area contributed by atoms with Gasteiger partial charge in [0.1, 0.15) is 0 Å². The van der Waals surface area contributed by atoms with E-state index in [1.165, 1.54) is 12.1 Å². The van der Waals surface area contributed by atoms with Crippen molar-refractivity contribution in [3.63, 3.8) is 0 Å². The largest absolute Gasteiger partial charge is 0.391 e. The molecule has 3 rings (SSSR count). The predicted molar refractivity (Wildman–Crippen MR) is 77.1 cm³/mol. The summed E-state index contributed by atoms with van der Waals surface area (Å²) in [6, 6.07) is 15.4. The van der Waals surface area contributed by atoms with Crippen molar-refractivity contribution in [3.05, 3.63) is 60.2 Å². The summed E-state index contributed by atoms with van der Waals surface area (Å²) in [7, 11) is 0. The normalized spacial score (nSPS) is 15.3. The van der Waals surface area contributed by atoms with Gasteiger partial charge in [-0.25, -0.2) is 4.39 Å². The highest BCUT2D eigenvalue weighted by atomic mass is 19.3. The molecule has 1 unspecified atom stereocenters. The molecular formula is C17H13F3O. The molecule has 0 saturated carbocycles. The number of rotatable bonds is 2. The van der Waals surface area contributed by atoms with Crippen molar-refractivity contribution in [2.24, 2.45) is 0 Å². The van der Waals surface area contributed by atoms with Gasteiger partial charge in [0.25, 0.3) is 0 Å². The van der Waals surface area contributed by atoms with Crippen molar-refractivity contribution in [3.8, 4) is 0 Å². The first-order valence-corrected chi connectivity index (χ1v) is 6.52. The molecule has 1 N–H and O–H groups in total. The molecule has 1 atom stereocenters. The smallest absolute Gasteiger partial charge is 0.334 e. The maximum atomic E-state index is 14.5. The quantitative estimate of drug-likeness (QED) is 0.674. The summed E-state index contributed by atoms with van der Waals surface area (Å²) in [5, 5.41) is 11.7. The molecule has 0 amide bonds. The molecule has 0 saturated heterocycles. The second kappa shape index (κ2) is 4.46. The van der Waals surface area contributed by atoms with Crippen molar-refractivity contribution in [1.82, 2.24) is 0 Å². The van der Waals surface area contributed by atoms with E-state index in [4.69, 9.17) is 5.11 Å². The molecule has 0 heterocycles. The van der Waals surface area contributed by atoms with E-state index in [-0.39, 0.29) is 5.56 Å². The Balaban J connectivity index is 2.36. The molecule has 4 heteroatoms. The monoisotopic (exact) mass is 290 g/mol. The van der Waals surface area contributed by atoms with Crippen molar-refractivity contribution in [2.75, 3.05) is 0 Å². The van der Waals surface area contributed by atoms with Crippen LogP contribution < -0.4 is 0 Å². The minimum atomic E-state index is -4.45. The number of hydrogen-bond donors (Lipinski definition) is 1. The van der Waals surface area contributed by atoms with Gasteiger partial charge >= 0.3 is 6.11 Å². The summed E-state index contributed by atoms with van der Waals surface area (Å²) in [5.41, 5.74) is -3.38. The molecule has 0 radical (unpaired) electrons. The highest BCUT2D eigenvalue weighted by molar-refractivity contribution is 5.99. The van der Waals surface area contributed by atoms with Gasteiger partial charge < -0.3 is 5.11 Å². The van der Waals surface area contributed by atoms with Crippen LogP contribution in [0.4, 0.5) is 13.2 Å². The lowest BCUT2D eigenvalue weighted by Crippen LogP contribution is -2.38. The third-order valence-corrected chi connectivity index (χ3v) is 3.82. The molecule has 0 aliphatic heterocycles. The Hall–Kier alpha value is -2.07. The number of hydrogen-bond acceptors (Lipinski definition) is 1. The maximum absolute atomic E-state index is 14.5. The summed E-state index contributed by atoms with van der Waals surface area (Å²) in [6.07, 6.45) is -4.45. The summed E-state index contributed by atoms with van der Waals surface area (Å²) in [4.78, 5) is 0. The number of alkyl halides is 3. The van der Waals surface area contributed by atoms with Gasteiger partial charge in [0.05, 0.1) is 0 Å². The van der Waals surface area contributed by atoms with Crippen molar-refractivity contribution >= 4 is 21.5 Å². The van der Waals surface area contributed by atoms with Crippen molar-refractivity contribution in [1.29, 1.82) is 0 Å². The Morgan fingerprint density at radius 3 is 2.00 bits per heavy atom. The lowest BCUT2D eigenvalue weighted by Gasteiger charge is -2.27. The first-order valence-electron chi connectivity index (χ1n) is 6.52. The van der Waals surface area contributed by atoms with E-state index in [2.05, 4.69) is 0 Å². The number of aliphatic hydroxyl groups is 1. The van der Waals surface area contributed by atoms with Crippen LogP contribution in [-0.2, 0) is 5.67 Å². The van der Waals surface area contributed by atoms with Gasteiger partial charge in [-0.2, -0.15) is 8.78 Å². The molecule has 3 aromatic rings. The van der Waals surface area contributed by atoms with E-state index in [0.717, 1.165) is 10.8 Å². The second-order valence-corrected chi connectivity index (χ2v) is 5.27. The first-order chi connectivity index (χ1) is 9.80. The van der Waals surface area contributed by atoms with Crippen LogP contribution in [0, 0.1) is 0 Å². The van der Waals surface area contributed by atoms with Gasteiger partial charge in [-0.1, -0.05) is 42.5 Å². The fraction of sp³-hybridized carbons (Fsp3) is 0.176. The van der Waals surface area contributed by atoms with Crippen molar-refractivity contribution < 1.29 is 18.3 Å². The minimum Gasteiger partial charge on any atom is -0.334 e. The van der Waals surface area contributed by atoms with E-state index in [1.54, 1.807) is 12.1 Å². The van der Waals surface area contributed by atoms with E-state index in [0.29, 0.717) is 17.7 Å². The fourth-order valence-corrected chi connectivity index (χ4v) is 2.54. The molecule has 0 aliphatic carbocycles. The van der Waals surface area contributed by atoms with Crippen LogP contribution in [0.2, 0.25) is 0 Å². The van der Waals surface area contributed by atoms with Gasteiger partial charge in [-0.3, -0.25) is 0 Å². The summed E-state index contributed by atoms with van der Waals surface area (Å²) in [5.74, 6) is 0. The summed E-state index contributed by atoms with van der Waals surface area (Å²) < 4.78 is 40.9. The van der Waals surface area contributed by atoms with Crippen molar-refractivity contribution in [2.45, 2.75) is 18.7 Å². The second-order valence-electron chi connectivity index (χ2n) is 5.27. The Morgan fingerprint density at radius 1 is 0.810 bits per heavy atom. The molecule has 0 fully saturated rings. The summed E-state index contributed by atoms with van der Waals surface area (Å²) >= 11 is 0. The zero-order chi connectivity index (χ0) is 15.3. The Bertz CT molecular complexity index is 819. The van der Waals surface area contributed by atoms with Crippen LogP contribution in [-0.4, -0.2) is 11.2 Å². The molecule has 0 spiro atoms. The van der Waals surface area contributed by atoms with Crippen LogP contribution in [0.3, 0.4) is 0 Å². The maximum Gasteiger partial charge on any atom is 0.391 e. The zero-order valence-corrected chi connectivity index (χ0v) is 11.3. The van der Waals surface area contributed by atoms with Gasteiger partial charge in [0.15, 0.2) is 0 Å². The fourth-order valence-electron chi connectivity index (χ4n) is 2.54. The molecule has 0 aromatic heterocycles. The van der Waals surface area contributed by atoms with Crippen LogP contribution >= 0.6 is 0 Å². The molecule has 1 nitrogen and oxygen atoms in total. The molecule has 3 aromatic carbocycles. The average molecular weight is 290 g/mol. The molecular weight excluding hydrogens is 277 g/mol. The number of fused-ring (bicyclic) bond motifs is 2. The summed E-state index contributed by atoms with van der Waals surface area (Å²) in [6.45, 7) is 0.691. The minimum absolute atomic E-state index is 0.224. The number of benzene rings is 3. The lowest BCUT2D eigenvalue weighted by molar-refractivity contribution is -0.281. The van der Waals surface area contributed by atoms with Crippen LogP contribution in [0.25, 0.3) is 21.5 Å². The Labute approximate surface area is 119 Å². The molecule has 108 valence electrons. The predicted octanol–water partition coefficient (Wildman–Crippen LogP) is 4.76. The van der Waals surface area contributed by atoms with E-state index in [9.17, 15) is 13.2 Å². The standard InChI is InChI=1S/C17H13F3O/c1-16(18,17(19,20)21)15-8-4-7-13-9-11-5-2-3-6-12(11)10-14(13)15/h2-10,21H,1H3. The topological polar surface area (TPSA) is 20.2 Å². The Kier molecular flexibility index (Phi) is 2.95. The van der Waals surface area contributed by atoms with E-state index >= 15 is 0 Å². The van der Waals surface area contributed by atoms with Gasteiger partial charge in [-0.05, 0) is 40.6 Å². The zero-order valence-electron chi connectivity index (χ0n) is 11.3. The highest BCUT2D eigenvalue weighted by Gasteiger charge is 2.51. The first kappa shape index (κ1) is 13.9. The van der Waals surface area contributed by atoms with E-state index in [1.807, 2.05) is 30.3 Å². The third-order valence-electron chi connectivity index (χ3n) is 3.82. The van der Waals surface area contributed by atoms with Crippen LogP contribution in [0.1, 0.15) is 12.5 Å². The van der Waals surface area contributed by atoms with E-state index < -0.39 is 11.8 Å². The Morgan fingerprint density at radius 2 is 1.38 bits per heavy atom. The van der Waals surface area contributed by atoms with Gasteiger partial charge in [0, 0.05) is 5.56 Å². The molecule has 0 bridgehead atoms. The lowest BCUT2D eigenvalue weighted by atomic mass is 9.90. The van der Waals surface area contributed by atoms with Gasteiger partial charge in [0.2, 0.25) is 5.67 Å². The SMILES string of the molecule is CC(F)(c1cccc2cc3ccccc3cc12)C(O)(F)F. The molecule has 21 heavy (non-hydrogen) atoms. The van der Waals surface area contributed by atoms with Crippen LogP contribution in [0.15, 0.2) is 54.6 Å². The van der Waals surface area contributed by atoms with Crippen LogP contribution in [0.5, 0.6) is 0 Å². The number of halogens is 3. The third kappa shape index (κ3) is 2.16. The average Bonchev–Trinajstić information content (AvgIpc) is 2.43. The highest BCUT2D eigenvalue weighted by Crippen LogP contribution is 2.42. The van der Waals surface area contributed by atoms with Gasteiger partial charge in [-0.15, -0.1) is 0 Å².